The molecule has 3 saturated carbocycles. The van der Waals surface area contributed by atoms with Gasteiger partial charge >= 0.3 is 0 Å². The molecule has 3 aliphatic rings. The Bertz CT molecular complexity index is 233. The fourth-order valence-corrected chi connectivity index (χ4v) is 11.8. The van der Waals surface area contributed by atoms with E-state index in [0.717, 1.165) is 7.04 Å². The van der Waals surface area contributed by atoms with Crippen LogP contribution in [0.2, 0.25) is 0 Å². The summed E-state index contributed by atoms with van der Waals surface area (Å²) in [6.07, 6.45) is 21.0. The summed E-state index contributed by atoms with van der Waals surface area (Å²) < 4.78 is 30.0. The van der Waals surface area contributed by atoms with Crippen LogP contribution >= 0.6 is 47.8 Å². The van der Waals surface area contributed by atoms with E-state index < -0.39 is 0 Å². The Kier molecular flexibility index (Phi) is 190. The van der Waals surface area contributed by atoms with Gasteiger partial charge in [-0.1, -0.05) is 235 Å². The maximum atomic E-state index is 5.00. The fraction of sp³-hybridized carbons (Fsp3) is 1.00. The summed E-state index contributed by atoms with van der Waals surface area (Å²) in [6, 6.07) is 0. The van der Waals surface area contributed by atoms with E-state index in [1.165, 1.54) is 89.9 Å². The second-order valence-corrected chi connectivity index (χ2v) is 26.1. The zero-order valence-corrected chi connectivity index (χ0v) is 38.9. The van der Waals surface area contributed by atoms with Crippen LogP contribution in [0.25, 0.3) is 0 Å². The SMILES string of the molecule is C1CCC1.C1CCC1.C1CCCCC1.CC.CC.CC.CC.CC.CC.CC.CC.CC.PP(P)P(P)P=S.[3HH].[3H][3H].[3H][3H].[3H][3H].[B].[HH]. The Hall–Kier alpha value is 2.73. The van der Waals surface area contributed by atoms with Crippen LogP contribution in [0, 0.1) is 0 Å². The van der Waals surface area contributed by atoms with Crippen molar-refractivity contribution in [3.8, 4) is 0 Å². The minimum Gasteiger partial charge on any atom is -0.102 e. The van der Waals surface area contributed by atoms with Gasteiger partial charge in [0.2, 0.25) is 0 Å². The first-order valence-corrected chi connectivity index (χ1v) is 28.2. The molecule has 0 aromatic heterocycles. The summed E-state index contributed by atoms with van der Waals surface area (Å²) in [5.41, 5.74) is 0. The van der Waals surface area contributed by atoms with Crippen LogP contribution in [0.4, 0.5) is 0 Å². The van der Waals surface area contributed by atoms with Gasteiger partial charge in [0.25, 0.3) is 0 Å². The molecular formula is C32H98BP6S. The van der Waals surface area contributed by atoms with Crippen molar-refractivity contribution in [2.45, 2.75) is 215 Å². The third kappa shape index (κ3) is 124. The Labute approximate surface area is 293 Å². The van der Waals surface area contributed by atoms with Gasteiger partial charge in [-0.2, -0.15) is 0 Å². The molecule has 0 aliphatic heterocycles. The van der Waals surface area contributed by atoms with Crippen molar-refractivity contribution >= 4 is 68.0 Å². The highest BCUT2D eigenvalue weighted by Crippen LogP contribution is 2.88. The lowest BCUT2D eigenvalue weighted by Gasteiger charge is -2.05. The standard InChI is InChI=1S/C6H12.2C4H8.9C2H6.B.H6P6S.5H2/c1-2-4-6-5-3-1;2*1-2-4-3-1;9*1-2;;1-5(2)6(3)4-7;;;;;/h1-6H2;2*1-4H2;9*1-2H3;;1-3H2;5*1H/i;;;;;;;;;;;;;;3*1+2T;1+2;. The van der Waals surface area contributed by atoms with E-state index in [1.54, 1.807) is 0 Å². The van der Waals surface area contributed by atoms with Gasteiger partial charge in [0.05, 0.1) is 0 Å². The summed E-state index contributed by atoms with van der Waals surface area (Å²) in [6.45, 7) is 36.1. The lowest BCUT2D eigenvalue weighted by atomic mass is 10.0. The zero-order valence-electron chi connectivity index (χ0n) is 38.0. The molecule has 0 bridgehead atoms. The van der Waals surface area contributed by atoms with Crippen molar-refractivity contribution in [3.63, 3.8) is 0 Å². The van der Waals surface area contributed by atoms with E-state index in [1.807, 2.05) is 125 Å². The molecule has 4 atom stereocenters. The summed E-state index contributed by atoms with van der Waals surface area (Å²) in [7, 11) is 9.47. The Morgan fingerprint density at radius 2 is 0.525 bits per heavy atom. The Morgan fingerprint density at radius 1 is 0.425 bits per heavy atom. The third-order valence-corrected chi connectivity index (χ3v) is 29.4. The average molecular weight is 726 g/mol. The quantitative estimate of drug-likeness (QED) is 0.202. The summed E-state index contributed by atoms with van der Waals surface area (Å²) in [4.78, 5) is 0. The van der Waals surface area contributed by atoms with Crippen LogP contribution < -0.4 is 0 Å². The highest BCUT2D eigenvalue weighted by molar-refractivity contribution is 8.95. The second kappa shape index (κ2) is 123. The van der Waals surface area contributed by atoms with Crippen molar-refractivity contribution in [1.82, 2.24) is 0 Å². The van der Waals surface area contributed by atoms with Crippen LogP contribution in [0.5, 0.6) is 0 Å². The van der Waals surface area contributed by atoms with Gasteiger partial charge in [0.1, 0.15) is 0 Å². The molecule has 0 aromatic carbocycles. The molecule has 265 valence electrons. The molecule has 3 rings (SSSR count). The lowest BCUT2D eigenvalue weighted by molar-refractivity contribution is 0.504. The van der Waals surface area contributed by atoms with Gasteiger partial charge in [-0.3, -0.25) is 0 Å². The summed E-state index contributed by atoms with van der Waals surface area (Å²) in [5, 5.41) is 0. The molecule has 8 heteroatoms. The molecule has 0 spiro atoms. The van der Waals surface area contributed by atoms with Crippen molar-refractivity contribution in [2.24, 2.45) is 0 Å². The molecular weight excluding hydrogens is 613 g/mol. The molecule has 0 amide bonds. The van der Waals surface area contributed by atoms with E-state index in [9.17, 15) is 0 Å². The molecule has 0 N–H and O–H groups in total. The minimum absolute atomic E-state index is 0. The van der Waals surface area contributed by atoms with Gasteiger partial charge in [0.15, 0.2) is 0 Å². The van der Waals surface area contributed by atoms with E-state index in [-0.39, 0.29) is 25.2 Å². The molecule has 4 unspecified atom stereocenters. The maximum Gasteiger partial charge on any atom is 0.0109 e. The molecule has 3 aliphatic carbocycles. The monoisotopic (exact) mass is 726 g/mol. The van der Waals surface area contributed by atoms with Crippen LogP contribution in [0.15, 0.2) is 0 Å². The predicted molar refractivity (Wildman–Crippen MR) is 240 cm³/mol. The molecule has 3 radical (unpaired) electrons. The first kappa shape index (κ1) is 61.7. The van der Waals surface area contributed by atoms with Gasteiger partial charge in [-0.15, -0.1) is 17.9 Å². The van der Waals surface area contributed by atoms with Gasteiger partial charge < -0.3 is 0 Å². The van der Waals surface area contributed by atoms with E-state index in [4.69, 9.17) is 20.7 Å². The smallest absolute Gasteiger partial charge is 0.0109 e. The maximum absolute atomic E-state index is 5.00. The minimum atomic E-state index is 0. The number of hydrogen-bond acceptors (Lipinski definition) is 1. The Balaban J connectivity index is -0.0000000167. The zero-order chi connectivity index (χ0) is 39.8. The van der Waals surface area contributed by atoms with Crippen molar-refractivity contribution in [1.29, 1.82) is 0 Å². The van der Waals surface area contributed by atoms with Gasteiger partial charge in [0, 0.05) is 34.2 Å². The van der Waals surface area contributed by atoms with Crippen molar-refractivity contribution in [3.05, 3.63) is 0 Å². The molecule has 0 saturated heterocycles. The van der Waals surface area contributed by atoms with Crippen molar-refractivity contribution in [2.75, 3.05) is 0 Å². The summed E-state index contributed by atoms with van der Waals surface area (Å²) in [5.74, 6) is 0. The third-order valence-electron chi connectivity index (χ3n) is 3.82. The molecule has 0 nitrogen and oxygen atoms in total. The molecule has 3 fully saturated rings. The van der Waals surface area contributed by atoms with Gasteiger partial charge in [-0.05, 0) is 6.99 Å². The van der Waals surface area contributed by atoms with Gasteiger partial charge in [-0.25, -0.2) is 0 Å². The van der Waals surface area contributed by atoms with Crippen LogP contribution in [-0.4, -0.2) is 8.41 Å². The summed E-state index contributed by atoms with van der Waals surface area (Å²) >= 11 is 4.82. The highest BCUT2D eigenvalue weighted by atomic mass is 33.0. The van der Waals surface area contributed by atoms with Crippen molar-refractivity contribution < 1.29 is 11.8 Å². The second-order valence-electron chi connectivity index (χ2n) is 5.73. The van der Waals surface area contributed by atoms with E-state index >= 15 is 0 Å². The van der Waals surface area contributed by atoms with E-state index in [0.29, 0.717) is 0 Å². The molecule has 40 heavy (non-hydrogen) atoms. The van der Waals surface area contributed by atoms with E-state index in [2.05, 4.69) is 26.8 Å². The van der Waals surface area contributed by atoms with Crippen LogP contribution in [0.3, 0.4) is 0 Å². The topological polar surface area (TPSA) is 0 Å². The largest absolute Gasteiger partial charge is 0.102 e. The number of hydrogen-bond donors (Lipinski definition) is 0. The number of rotatable bonds is 2. The fourth-order valence-electron chi connectivity index (χ4n) is 1.60. The first-order valence-electron chi connectivity index (χ1n) is 20.4. The normalized spacial score (nSPS) is 13.1. The lowest BCUT2D eigenvalue weighted by Crippen LogP contribution is -1.85. The molecule has 0 aromatic rings. The average Bonchev–Trinajstić information content (AvgIpc) is 3.14. The first-order chi connectivity index (χ1) is 22.2. The predicted octanol–water partition coefficient (Wildman–Crippen LogP) is 19.1. The van der Waals surface area contributed by atoms with Crippen LogP contribution in [-0.2, 0) is 11.8 Å². The highest BCUT2D eigenvalue weighted by Gasteiger charge is 2.00. The Morgan fingerprint density at radius 3 is 0.550 bits per heavy atom. The molecule has 0 heterocycles. The van der Waals surface area contributed by atoms with Crippen LogP contribution in [0.1, 0.15) is 226 Å².